The normalized spacial score (nSPS) is 16.9. The molecule has 0 aliphatic carbocycles. The smallest absolute Gasteiger partial charge is 0.269 e. The molecule has 2 amide bonds. The lowest BCUT2D eigenvalue weighted by Crippen LogP contribution is -2.46. The number of benzene rings is 3. The largest absolute Gasteiger partial charge is 0.497 e. The number of rotatable bonds is 10. The highest BCUT2D eigenvalue weighted by atomic mass is 19.1. The van der Waals surface area contributed by atoms with E-state index < -0.39 is 28.6 Å². The molecule has 3 aromatic rings. The van der Waals surface area contributed by atoms with Crippen LogP contribution in [0.5, 0.6) is 5.75 Å². The van der Waals surface area contributed by atoms with Gasteiger partial charge in [-0.25, -0.2) is 9.40 Å². The van der Waals surface area contributed by atoms with Gasteiger partial charge in [-0.1, -0.05) is 24.3 Å². The molecule has 2 aliphatic heterocycles. The van der Waals surface area contributed by atoms with Gasteiger partial charge in [0.1, 0.15) is 18.1 Å². The number of carbonyl (C=O) groups is 2. The average Bonchev–Trinajstić information content (AvgIpc) is 3.49. The van der Waals surface area contributed by atoms with Crippen LogP contribution in [0.15, 0.2) is 77.9 Å². The van der Waals surface area contributed by atoms with Crippen LogP contribution >= 0.6 is 0 Å². The Kier molecular flexibility index (Phi) is 9.38. The molecular formula is C31H32FN5O6. The fraction of sp³-hybridized carbons (Fsp3) is 0.323. The van der Waals surface area contributed by atoms with Crippen molar-refractivity contribution in [1.82, 2.24) is 14.8 Å². The van der Waals surface area contributed by atoms with Crippen molar-refractivity contribution in [3.8, 4) is 5.75 Å². The van der Waals surface area contributed by atoms with Gasteiger partial charge >= 0.3 is 0 Å². The molecule has 1 atom stereocenters. The second-order valence-corrected chi connectivity index (χ2v) is 10.2. The van der Waals surface area contributed by atoms with Gasteiger partial charge in [-0.2, -0.15) is 5.10 Å². The number of non-ortho nitro benzene ring substituents is 1. The molecule has 1 fully saturated rings. The molecule has 0 aromatic heterocycles. The Hall–Kier alpha value is -4.68. The van der Waals surface area contributed by atoms with E-state index in [-0.39, 0.29) is 24.3 Å². The molecule has 224 valence electrons. The highest BCUT2D eigenvalue weighted by Gasteiger charge is 2.35. The monoisotopic (exact) mass is 589 g/mol. The first kappa shape index (κ1) is 29.8. The standard InChI is InChI=1S/C31H32FN5O6/c1-42-25-12-8-23(9-13-25)29-20-28(22-6-10-24(11-7-22)37(40)41)33-36(29)30(38)21-35(15-14-34-16-18-43-19-17-34)31(39)26-4-2-3-5-27(26)32/h2-13,29H,14-21H2,1H3. The first-order valence-corrected chi connectivity index (χ1v) is 14.0. The van der Waals surface area contributed by atoms with Gasteiger partial charge in [0.15, 0.2) is 0 Å². The Morgan fingerprint density at radius 1 is 1.07 bits per heavy atom. The zero-order chi connectivity index (χ0) is 30.3. The number of carbonyl (C=O) groups excluding carboxylic acids is 2. The number of ether oxygens (including phenoxy) is 2. The number of nitrogens with zero attached hydrogens (tertiary/aromatic N) is 5. The van der Waals surface area contributed by atoms with Crippen molar-refractivity contribution in [2.24, 2.45) is 5.10 Å². The molecule has 0 radical (unpaired) electrons. The summed E-state index contributed by atoms with van der Waals surface area (Å²) in [4.78, 5) is 41.7. The van der Waals surface area contributed by atoms with Gasteiger partial charge in [-0.15, -0.1) is 0 Å². The van der Waals surface area contributed by atoms with E-state index in [1.807, 2.05) is 12.1 Å². The molecule has 2 heterocycles. The molecule has 12 heteroatoms. The van der Waals surface area contributed by atoms with E-state index in [9.17, 15) is 24.1 Å². The Balaban J connectivity index is 1.43. The summed E-state index contributed by atoms with van der Waals surface area (Å²) < 4.78 is 25.4. The Bertz CT molecular complexity index is 1490. The summed E-state index contributed by atoms with van der Waals surface area (Å²) >= 11 is 0. The second kappa shape index (κ2) is 13.5. The maximum atomic E-state index is 14.7. The topological polar surface area (TPSA) is 118 Å². The number of hydrogen-bond acceptors (Lipinski definition) is 8. The predicted molar refractivity (Wildman–Crippen MR) is 156 cm³/mol. The SMILES string of the molecule is COc1ccc(C2CC(c3ccc([N+](=O)[O-])cc3)=NN2C(=O)CN(CCN2CCOCC2)C(=O)c2ccccc2F)cc1. The third-order valence-corrected chi connectivity index (χ3v) is 7.59. The summed E-state index contributed by atoms with van der Waals surface area (Å²) in [6.45, 7) is 2.94. The van der Waals surface area contributed by atoms with Crippen LogP contribution in [0.4, 0.5) is 10.1 Å². The summed E-state index contributed by atoms with van der Waals surface area (Å²) in [6.07, 6.45) is 0.352. The van der Waals surface area contributed by atoms with Gasteiger partial charge in [0.2, 0.25) is 0 Å². The number of nitro benzene ring substituents is 1. The highest BCUT2D eigenvalue weighted by Crippen LogP contribution is 2.34. The van der Waals surface area contributed by atoms with E-state index in [2.05, 4.69) is 10.0 Å². The fourth-order valence-corrected chi connectivity index (χ4v) is 5.16. The number of methoxy groups -OCH3 is 1. The van der Waals surface area contributed by atoms with Crippen molar-refractivity contribution < 1.29 is 28.4 Å². The van der Waals surface area contributed by atoms with Crippen LogP contribution < -0.4 is 4.74 Å². The van der Waals surface area contributed by atoms with E-state index in [1.165, 1.54) is 40.2 Å². The Morgan fingerprint density at radius 2 is 1.77 bits per heavy atom. The van der Waals surface area contributed by atoms with E-state index >= 15 is 0 Å². The minimum absolute atomic E-state index is 0.0513. The van der Waals surface area contributed by atoms with Crippen LogP contribution in [0.3, 0.4) is 0 Å². The molecule has 1 saturated heterocycles. The molecule has 5 rings (SSSR count). The summed E-state index contributed by atoms with van der Waals surface area (Å²) in [5.41, 5.74) is 1.86. The van der Waals surface area contributed by atoms with E-state index in [4.69, 9.17) is 9.47 Å². The first-order valence-electron chi connectivity index (χ1n) is 14.0. The Morgan fingerprint density at radius 3 is 2.42 bits per heavy atom. The Labute approximate surface area is 248 Å². The second-order valence-electron chi connectivity index (χ2n) is 10.2. The number of nitro groups is 1. The zero-order valence-corrected chi connectivity index (χ0v) is 23.7. The summed E-state index contributed by atoms with van der Waals surface area (Å²) in [6, 6.07) is 18.5. The van der Waals surface area contributed by atoms with Crippen LogP contribution in [-0.4, -0.2) is 90.3 Å². The van der Waals surface area contributed by atoms with E-state index in [0.717, 1.165) is 5.56 Å². The molecule has 0 spiro atoms. The number of halogens is 1. The number of hydrazone groups is 1. The molecular weight excluding hydrogens is 557 g/mol. The predicted octanol–water partition coefficient (Wildman–Crippen LogP) is 3.89. The van der Waals surface area contributed by atoms with Gasteiger partial charge in [-0.05, 0) is 47.5 Å². The maximum absolute atomic E-state index is 14.7. The first-order chi connectivity index (χ1) is 20.8. The average molecular weight is 590 g/mol. The summed E-state index contributed by atoms with van der Waals surface area (Å²) in [5.74, 6) is -1.03. The fourth-order valence-electron chi connectivity index (χ4n) is 5.16. The van der Waals surface area contributed by atoms with Gasteiger partial charge < -0.3 is 14.4 Å². The third-order valence-electron chi connectivity index (χ3n) is 7.59. The van der Waals surface area contributed by atoms with Crippen molar-refractivity contribution in [1.29, 1.82) is 0 Å². The lowest BCUT2D eigenvalue weighted by atomic mass is 9.98. The van der Waals surface area contributed by atoms with Crippen molar-refractivity contribution in [3.05, 3.63) is 105 Å². The van der Waals surface area contributed by atoms with Crippen molar-refractivity contribution in [2.75, 3.05) is 53.0 Å². The zero-order valence-electron chi connectivity index (χ0n) is 23.7. The van der Waals surface area contributed by atoms with Crippen LogP contribution in [0.1, 0.15) is 33.9 Å². The molecule has 11 nitrogen and oxygen atoms in total. The molecule has 0 saturated carbocycles. The molecule has 0 N–H and O–H groups in total. The van der Waals surface area contributed by atoms with Gasteiger partial charge in [0.05, 0.1) is 42.6 Å². The van der Waals surface area contributed by atoms with Crippen molar-refractivity contribution >= 4 is 23.2 Å². The van der Waals surface area contributed by atoms with Crippen LogP contribution in [0.2, 0.25) is 0 Å². The van der Waals surface area contributed by atoms with Crippen molar-refractivity contribution in [2.45, 2.75) is 12.5 Å². The minimum atomic E-state index is -0.660. The van der Waals surface area contributed by atoms with Crippen LogP contribution in [0, 0.1) is 15.9 Å². The summed E-state index contributed by atoms with van der Waals surface area (Å²) in [5, 5.41) is 17.1. The third kappa shape index (κ3) is 7.04. The summed E-state index contributed by atoms with van der Waals surface area (Å²) in [7, 11) is 1.56. The molecule has 1 unspecified atom stereocenters. The van der Waals surface area contributed by atoms with Crippen molar-refractivity contribution in [3.63, 3.8) is 0 Å². The number of hydrogen-bond donors (Lipinski definition) is 0. The number of amides is 2. The molecule has 3 aromatic carbocycles. The molecule has 0 bridgehead atoms. The van der Waals surface area contributed by atoms with E-state index in [1.54, 1.807) is 37.4 Å². The van der Waals surface area contributed by atoms with Gasteiger partial charge in [0, 0.05) is 44.7 Å². The quantitative estimate of drug-likeness (QED) is 0.260. The lowest BCUT2D eigenvalue weighted by molar-refractivity contribution is -0.384. The maximum Gasteiger partial charge on any atom is 0.269 e. The van der Waals surface area contributed by atoms with Crippen LogP contribution in [-0.2, 0) is 9.53 Å². The minimum Gasteiger partial charge on any atom is -0.497 e. The highest BCUT2D eigenvalue weighted by molar-refractivity contribution is 6.04. The molecule has 43 heavy (non-hydrogen) atoms. The van der Waals surface area contributed by atoms with Gasteiger partial charge in [-0.3, -0.25) is 24.6 Å². The van der Waals surface area contributed by atoms with Gasteiger partial charge in [0.25, 0.3) is 17.5 Å². The lowest BCUT2D eigenvalue weighted by Gasteiger charge is -2.31. The van der Waals surface area contributed by atoms with E-state index in [0.29, 0.717) is 56.3 Å². The molecule has 2 aliphatic rings. The number of morpholine rings is 1. The van der Waals surface area contributed by atoms with Crippen LogP contribution in [0.25, 0.3) is 0 Å².